The van der Waals surface area contributed by atoms with Crippen LogP contribution in [0.5, 0.6) is 11.5 Å². The number of terminal acetylenes is 1. The predicted octanol–water partition coefficient (Wildman–Crippen LogP) is 6.86. The van der Waals surface area contributed by atoms with E-state index in [4.69, 9.17) is 27.5 Å². The molecule has 45 heavy (non-hydrogen) atoms. The number of rotatable bonds is 10. The van der Waals surface area contributed by atoms with Crippen molar-refractivity contribution in [1.82, 2.24) is 5.32 Å². The Hall–Kier alpha value is -4.29. The first kappa shape index (κ1) is 33.6. The highest BCUT2D eigenvalue weighted by Crippen LogP contribution is 2.39. The van der Waals surface area contributed by atoms with E-state index >= 15 is 0 Å². The number of carbonyl (C=O) groups is 2. The van der Waals surface area contributed by atoms with Gasteiger partial charge in [0.15, 0.2) is 6.10 Å². The standard InChI is InChI=1S/C35H38ClF2N3O4/c1-7-18-44-31-21-24(40(8-2)9-3)12-14-26(31)32(33(42)39-35(4,5)6)41(25-13-15-28(38)27(36)20-25)34(43)30-16-10-22-19-23(37)11-17-29(22)45-30/h1,11-15,17,19-21,30,32H,8-10,16,18H2,2-6H3,(H,39,42). The summed E-state index contributed by atoms with van der Waals surface area (Å²) in [7, 11) is 0. The third-order valence-corrected chi connectivity index (χ3v) is 7.69. The van der Waals surface area contributed by atoms with Crippen molar-refractivity contribution in [1.29, 1.82) is 0 Å². The summed E-state index contributed by atoms with van der Waals surface area (Å²) in [6.07, 6.45) is 5.10. The molecular formula is C35H38ClF2N3O4. The SMILES string of the molecule is C#CCOc1cc(N(CC)CC)ccc1C(C(=O)NC(C)(C)C)N(C(=O)C1CCc2cc(F)ccc2O1)c1ccc(F)c(Cl)c1. The van der Waals surface area contributed by atoms with E-state index in [1.807, 2.05) is 40.7 Å². The molecule has 0 radical (unpaired) electrons. The zero-order valence-electron chi connectivity index (χ0n) is 26.1. The molecule has 3 aromatic carbocycles. The van der Waals surface area contributed by atoms with Crippen LogP contribution in [0.25, 0.3) is 0 Å². The molecule has 2 unspecified atom stereocenters. The minimum atomic E-state index is -1.31. The van der Waals surface area contributed by atoms with Crippen LogP contribution < -0.4 is 24.6 Å². The number of aryl methyl sites for hydroxylation is 1. The summed E-state index contributed by atoms with van der Waals surface area (Å²) in [5.74, 6) is 0.964. The maximum Gasteiger partial charge on any atom is 0.269 e. The minimum absolute atomic E-state index is 0.0856. The van der Waals surface area contributed by atoms with E-state index in [1.54, 1.807) is 12.1 Å². The Balaban J connectivity index is 1.92. The third kappa shape index (κ3) is 7.87. The van der Waals surface area contributed by atoms with Crippen molar-refractivity contribution in [2.24, 2.45) is 0 Å². The van der Waals surface area contributed by atoms with Crippen LogP contribution in [-0.2, 0) is 16.0 Å². The van der Waals surface area contributed by atoms with Crippen LogP contribution in [0.2, 0.25) is 5.02 Å². The summed E-state index contributed by atoms with van der Waals surface area (Å²) < 4.78 is 40.4. The summed E-state index contributed by atoms with van der Waals surface area (Å²) >= 11 is 6.22. The summed E-state index contributed by atoms with van der Waals surface area (Å²) in [5, 5.41) is 2.76. The van der Waals surface area contributed by atoms with Gasteiger partial charge in [-0.2, -0.15) is 0 Å². The first-order valence-electron chi connectivity index (χ1n) is 14.9. The van der Waals surface area contributed by atoms with Crippen LogP contribution in [-0.4, -0.2) is 43.2 Å². The lowest BCUT2D eigenvalue weighted by Gasteiger charge is -2.37. The molecule has 0 fully saturated rings. The van der Waals surface area contributed by atoms with E-state index in [2.05, 4.69) is 16.1 Å². The second kappa shape index (κ2) is 14.2. The lowest BCUT2D eigenvalue weighted by atomic mass is 9.96. The molecule has 0 saturated carbocycles. The van der Waals surface area contributed by atoms with Gasteiger partial charge in [-0.3, -0.25) is 14.5 Å². The van der Waals surface area contributed by atoms with Crippen LogP contribution in [0.3, 0.4) is 0 Å². The molecule has 2 atom stereocenters. The van der Waals surface area contributed by atoms with Gasteiger partial charge in [-0.25, -0.2) is 8.78 Å². The number of anilines is 2. The Labute approximate surface area is 268 Å². The maximum atomic E-state index is 14.6. The van der Waals surface area contributed by atoms with Crippen LogP contribution in [0, 0.1) is 24.0 Å². The van der Waals surface area contributed by atoms with E-state index in [0.29, 0.717) is 29.0 Å². The predicted molar refractivity (Wildman–Crippen MR) is 173 cm³/mol. The monoisotopic (exact) mass is 637 g/mol. The zero-order chi connectivity index (χ0) is 32.9. The molecule has 238 valence electrons. The van der Waals surface area contributed by atoms with Gasteiger partial charge in [-0.1, -0.05) is 23.6 Å². The van der Waals surface area contributed by atoms with Gasteiger partial charge < -0.3 is 19.7 Å². The van der Waals surface area contributed by atoms with Gasteiger partial charge in [0.05, 0.1) is 5.02 Å². The summed E-state index contributed by atoms with van der Waals surface area (Å²) in [6.45, 7) is 10.9. The van der Waals surface area contributed by atoms with E-state index in [-0.39, 0.29) is 23.7 Å². The molecule has 10 heteroatoms. The van der Waals surface area contributed by atoms with Gasteiger partial charge in [0.25, 0.3) is 5.91 Å². The highest BCUT2D eigenvalue weighted by atomic mass is 35.5. The number of benzene rings is 3. The van der Waals surface area contributed by atoms with E-state index in [1.165, 1.54) is 35.2 Å². The fourth-order valence-electron chi connectivity index (χ4n) is 5.34. The maximum absolute atomic E-state index is 14.6. The molecule has 1 aliphatic heterocycles. The van der Waals surface area contributed by atoms with Gasteiger partial charge in [-0.15, -0.1) is 6.42 Å². The van der Waals surface area contributed by atoms with Crippen molar-refractivity contribution in [2.45, 2.75) is 65.1 Å². The average Bonchev–Trinajstić information content (AvgIpc) is 2.99. The highest BCUT2D eigenvalue weighted by Gasteiger charge is 2.41. The number of ether oxygens (including phenoxy) is 2. The first-order valence-corrected chi connectivity index (χ1v) is 15.2. The normalized spacial score (nSPS) is 14.8. The van der Waals surface area contributed by atoms with Crippen molar-refractivity contribution < 1.29 is 27.8 Å². The van der Waals surface area contributed by atoms with Crippen molar-refractivity contribution in [2.75, 3.05) is 29.5 Å². The molecule has 1 aliphatic rings. The molecule has 0 saturated heterocycles. The van der Waals surface area contributed by atoms with Crippen molar-refractivity contribution >= 4 is 34.8 Å². The number of nitrogens with zero attached hydrogens (tertiary/aromatic N) is 2. The van der Waals surface area contributed by atoms with E-state index in [0.717, 1.165) is 24.8 Å². The Morgan fingerprint density at radius 1 is 1.09 bits per heavy atom. The average molecular weight is 638 g/mol. The quantitative estimate of drug-likeness (QED) is 0.246. The number of fused-ring (bicyclic) bond motifs is 1. The molecule has 3 aromatic rings. The smallest absolute Gasteiger partial charge is 0.269 e. The largest absolute Gasteiger partial charge is 0.480 e. The summed E-state index contributed by atoms with van der Waals surface area (Å²) in [6, 6.07) is 12.0. The van der Waals surface area contributed by atoms with Gasteiger partial charge in [-0.05, 0) is 95.5 Å². The Bertz CT molecular complexity index is 1600. The Morgan fingerprint density at radius 2 is 1.80 bits per heavy atom. The molecule has 0 spiro atoms. The van der Waals surface area contributed by atoms with Crippen LogP contribution in [0.4, 0.5) is 20.2 Å². The molecule has 1 heterocycles. The number of nitrogens with one attached hydrogen (secondary N) is 1. The van der Waals surface area contributed by atoms with Crippen molar-refractivity contribution in [3.8, 4) is 23.8 Å². The second-order valence-corrected chi connectivity index (χ2v) is 12.1. The molecule has 4 rings (SSSR count). The van der Waals surface area contributed by atoms with E-state index in [9.17, 15) is 18.4 Å². The lowest BCUT2D eigenvalue weighted by molar-refractivity contribution is -0.131. The number of halogens is 3. The summed E-state index contributed by atoms with van der Waals surface area (Å²) in [5.41, 5.74) is 1.32. The molecule has 1 N–H and O–H groups in total. The van der Waals surface area contributed by atoms with Gasteiger partial charge in [0.1, 0.15) is 35.8 Å². The number of amides is 2. The zero-order valence-corrected chi connectivity index (χ0v) is 26.9. The van der Waals surface area contributed by atoms with Gasteiger partial charge in [0.2, 0.25) is 5.91 Å². The topological polar surface area (TPSA) is 71.1 Å². The minimum Gasteiger partial charge on any atom is -0.480 e. The van der Waals surface area contributed by atoms with Gasteiger partial charge >= 0.3 is 0 Å². The fourth-order valence-corrected chi connectivity index (χ4v) is 5.51. The van der Waals surface area contributed by atoms with Crippen LogP contribution in [0.15, 0.2) is 54.6 Å². The molecule has 0 aliphatic carbocycles. The van der Waals surface area contributed by atoms with Crippen molar-refractivity contribution in [3.05, 3.63) is 82.4 Å². The third-order valence-electron chi connectivity index (χ3n) is 7.40. The second-order valence-electron chi connectivity index (χ2n) is 11.7. The van der Waals surface area contributed by atoms with Gasteiger partial charge in [0, 0.05) is 41.6 Å². The molecule has 0 bridgehead atoms. The number of hydrogen-bond acceptors (Lipinski definition) is 5. The first-order chi connectivity index (χ1) is 21.4. The number of hydrogen-bond donors (Lipinski definition) is 1. The van der Waals surface area contributed by atoms with Crippen LogP contribution in [0.1, 0.15) is 58.2 Å². The van der Waals surface area contributed by atoms with Crippen molar-refractivity contribution in [3.63, 3.8) is 0 Å². The molecule has 2 amide bonds. The molecule has 0 aromatic heterocycles. The summed E-state index contributed by atoms with van der Waals surface area (Å²) in [4.78, 5) is 32.3. The molecule has 7 nitrogen and oxygen atoms in total. The highest BCUT2D eigenvalue weighted by molar-refractivity contribution is 6.31. The lowest BCUT2D eigenvalue weighted by Crippen LogP contribution is -2.52. The Morgan fingerprint density at radius 3 is 2.44 bits per heavy atom. The van der Waals surface area contributed by atoms with Crippen LogP contribution >= 0.6 is 11.6 Å². The number of carbonyl (C=O) groups excluding carboxylic acids is 2. The van der Waals surface area contributed by atoms with E-state index < -0.39 is 41.1 Å². The molecular weight excluding hydrogens is 600 g/mol. The Kier molecular flexibility index (Phi) is 10.6. The fraction of sp³-hybridized carbons (Fsp3) is 0.371.